The molecule has 3 rings (SSSR count). The molecule has 0 aliphatic carbocycles. The Balaban J connectivity index is 2.03. The first-order valence-electron chi connectivity index (χ1n) is 5.51. The van der Waals surface area contributed by atoms with E-state index in [0.717, 1.165) is 24.5 Å². The van der Waals surface area contributed by atoms with E-state index in [4.69, 9.17) is 9.47 Å². The van der Waals surface area contributed by atoms with Gasteiger partial charge in [0.1, 0.15) is 0 Å². The number of nitrogens with zero attached hydrogens (tertiary/aromatic N) is 1. The van der Waals surface area contributed by atoms with Crippen molar-refractivity contribution in [1.82, 2.24) is 4.90 Å². The van der Waals surface area contributed by atoms with E-state index < -0.39 is 0 Å². The molecule has 1 N–H and O–H groups in total. The van der Waals surface area contributed by atoms with Gasteiger partial charge in [-0.25, -0.2) is 0 Å². The Kier molecular flexibility index (Phi) is 2.26. The standard InChI is InChI=1S/C12H15NO3/c1-13-5-8-2-3-11-12(16-7-15-11)10(8)4-9(13)6-14/h2-3,9,14H,4-7H2,1H3/t9-/m1/s1. The summed E-state index contributed by atoms with van der Waals surface area (Å²) in [5.74, 6) is 1.71. The Bertz CT molecular complexity index is 419. The smallest absolute Gasteiger partial charge is 0.231 e. The van der Waals surface area contributed by atoms with E-state index in [-0.39, 0.29) is 12.6 Å². The molecule has 0 aromatic heterocycles. The molecule has 1 atom stereocenters. The predicted octanol–water partition coefficient (Wildman–Crippen LogP) is 0.764. The van der Waals surface area contributed by atoms with E-state index in [2.05, 4.69) is 11.0 Å². The summed E-state index contributed by atoms with van der Waals surface area (Å²) in [5, 5.41) is 9.32. The molecule has 0 saturated heterocycles. The number of ether oxygens (including phenoxy) is 2. The predicted molar refractivity (Wildman–Crippen MR) is 58.6 cm³/mol. The average Bonchev–Trinajstić information content (AvgIpc) is 2.76. The van der Waals surface area contributed by atoms with Crippen LogP contribution in [-0.4, -0.2) is 36.5 Å². The largest absolute Gasteiger partial charge is 0.454 e. The molecule has 0 spiro atoms. The number of likely N-dealkylation sites (N-methyl/N-ethyl adjacent to an activating group) is 1. The van der Waals surface area contributed by atoms with Crippen molar-refractivity contribution in [3.05, 3.63) is 23.3 Å². The van der Waals surface area contributed by atoms with Gasteiger partial charge in [-0.3, -0.25) is 4.90 Å². The van der Waals surface area contributed by atoms with Crippen LogP contribution in [0.3, 0.4) is 0 Å². The minimum Gasteiger partial charge on any atom is -0.454 e. The summed E-state index contributed by atoms with van der Waals surface area (Å²) < 4.78 is 10.9. The van der Waals surface area contributed by atoms with Gasteiger partial charge < -0.3 is 14.6 Å². The Labute approximate surface area is 94.4 Å². The fourth-order valence-electron chi connectivity index (χ4n) is 2.44. The number of aliphatic hydroxyl groups is 1. The lowest BCUT2D eigenvalue weighted by Gasteiger charge is -2.33. The normalized spacial score (nSPS) is 23.2. The van der Waals surface area contributed by atoms with Gasteiger partial charge in [-0.15, -0.1) is 0 Å². The second kappa shape index (κ2) is 3.64. The van der Waals surface area contributed by atoms with E-state index in [1.807, 2.05) is 13.1 Å². The minimum absolute atomic E-state index is 0.181. The molecule has 0 bridgehead atoms. The van der Waals surface area contributed by atoms with Gasteiger partial charge in [-0.2, -0.15) is 0 Å². The third-order valence-corrected chi connectivity index (χ3v) is 3.43. The summed E-state index contributed by atoms with van der Waals surface area (Å²) in [6.07, 6.45) is 0.828. The second-order valence-corrected chi connectivity index (χ2v) is 4.39. The topological polar surface area (TPSA) is 41.9 Å². The lowest BCUT2D eigenvalue weighted by molar-refractivity contribution is 0.129. The number of hydrogen-bond donors (Lipinski definition) is 1. The summed E-state index contributed by atoms with van der Waals surface area (Å²) in [6.45, 7) is 1.35. The lowest BCUT2D eigenvalue weighted by Crippen LogP contribution is -2.39. The zero-order valence-corrected chi connectivity index (χ0v) is 9.27. The fraction of sp³-hybridized carbons (Fsp3) is 0.500. The first-order valence-corrected chi connectivity index (χ1v) is 5.51. The molecule has 0 fully saturated rings. The van der Waals surface area contributed by atoms with Gasteiger partial charge in [0.05, 0.1) is 6.61 Å². The molecule has 0 saturated carbocycles. The van der Waals surface area contributed by atoms with Gasteiger partial charge in [-0.1, -0.05) is 6.07 Å². The molecule has 16 heavy (non-hydrogen) atoms. The van der Waals surface area contributed by atoms with Crippen LogP contribution in [0.4, 0.5) is 0 Å². The van der Waals surface area contributed by atoms with Crippen LogP contribution in [0, 0.1) is 0 Å². The fourth-order valence-corrected chi connectivity index (χ4v) is 2.44. The van der Waals surface area contributed by atoms with Crippen molar-refractivity contribution < 1.29 is 14.6 Å². The maximum Gasteiger partial charge on any atom is 0.231 e. The first kappa shape index (κ1) is 9.93. The molecule has 2 heterocycles. The van der Waals surface area contributed by atoms with Crippen molar-refractivity contribution in [2.24, 2.45) is 0 Å². The first-order chi connectivity index (χ1) is 7.79. The minimum atomic E-state index is 0.181. The zero-order chi connectivity index (χ0) is 11.1. The van der Waals surface area contributed by atoms with Crippen molar-refractivity contribution in [3.63, 3.8) is 0 Å². The van der Waals surface area contributed by atoms with Gasteiger partial charge in [0, 0.05) is 18.2 Å². The van der Waals surface area contributed by atoms with Crippen LogP contribution in [-0.2, 0) is 13.0 Å². The number of benzene rings is 1. The van der Waals surface area contributed by atoms with Gasteiger partial charge in [-0.05, 0) is 25.1 Å². The van der Waals surface area contributed by atoms with Crippen LogP contribution in [0.2, 0.25) is 0 Å². The number of fused-ring (bicyclic) bond motifs is 3. The van der Waals surface area contributed by atoms with E-state index in [1.165, 1.54) is 11.1 Å². The molecule has 2 aliphatic rings. The van der Waals surface area contributed by atoms with E-state index >= 15 is 0 Å². The quantitative estimate of drug-likeness (QED) is 0.760. The number of rotatable bonds is 1. The van der Waals surface area contributed by atoms with Crippen molar-refractivity contribution in [1.29, 1.82) is 0 Å². The third-order valence-electron chi connectivity index (χ3n) is 3.43. The highest BCUT2D eigenvalue weighted by Crippen LogP contribution is 2.40. The molecule has 0 amide bonds. The third kappa shape index (κ3) is 1.37. The summed E-state index contributed by atoms with van der Waals surface area (Å²) >= 11 is 0. The summed E-state index contributed by atoms with van der Waals surface area (Å²) in [5.41, 5.74) is 2.48. The van der Waals surface area contributed by atoms with Crippen LogP contribution >= 0.6 is 0 Å². The van der Waals surface area contributed by atoms with E-state index in [9.17, 15) is 5.11 Å². The van der Waals surface area contributed by atoms with Crippen LogP contribution in [0.15, 0.2) is 12.1 Å². The second-order valence-electron chi connectivity index (χ2n) is 4.39. The Hall–Kier alpha value is -1.26. The van der Waals surface area contributed by atoms with Gasteiger partial charge in [0.25, 0.3) is 0 Å². The highest BCUT2D eigenvalue weighted by molar-refractivity contribution is 5.53. The molecule has 1 aromatic rings. The molecule has 1 aromatic carbocycles. The van der Waals surface area contributed by atoms with Crippen molar-refractivity contribution in [2.75, 3.05) is 20.4 Å². The van der Waals surface area contributed by atoms with E-state index in [1.54, 1.807) is 0 Å². The maximum absolute atomic E-state index is 9.32. The van der Waals surface area contributed by atoms with Gasteiger partial charge in [0.2, 0.25) is 6.79 Å². The van der Waals surface area contributed by atoms with Crippen molar-refractivity contribution >= 4 is 0 Å². The SMILES string of the molecule is CN1Cc2ccc3c(c2C[C@@H]1CO)OCO3. The number of aliphatic hydroxyl groups excluding tert-OH is 1. The van der Waals surface area contributed by atoms with Crippen LogP contribution < -0.4 is 9.47 Å². The van der Waals surface area contributed by atoms with Crippen LogP contribution in [0.25, 0.3) is 0 Å². The summed E-state index contributed by atoms with van der Waals surface area (Å²) in [7, 11) is 2.04. The van der Waals surface area contributed by atoms with Gasteiger partial charge >= 0.3 is 0 Å². The zero-order valence-electron chi connectivity index (χ0n) is 9.27. The highest BCUT2D eigenvalue weighted by atomic mass is 16.7. The molecule has 86 valence electrons. The Morgan fingerprint density at radius 2 is 2.31 bits per heavy atom. The van der Waals surface area contributed by atoms with Crippen molar-refractivity contribution in [3.8, 4) is 11.5 Å². The lowest BCUT2D eigenvalue weighted by atomic mass is 9.93. The van der Waals surface area contributed by atoms with E-state index in [0.29, 0.717) is 6.79 Å². The summed E-state index contributed by atoms with van der Waals surface area (Å²) in [6, 6.07) is 4.24. The molecule has 0 radical (unpaired) electrons. The maximum atomic E-state index is 9.32. The highest BCUT2D eigenvalue weighted by Gasteiger charge is 2.28. The van der Waals surface area contributed by atoms with Crippen LogP contribution in [0.5, 0.6) is 11.5 Å². The Morgan fingerprint density at radius 3 is 3.12 bits per heavy atom. The molecule has 0 unspecified atom stereocenters. The molecular weight excluding hydrogens is 206 g/mol. The monoisotopic (exact) mass is 221 g/mol. The number of hydrogen-bond acceptors (Lipinski definition) is 4. The summed E-state index contributed by atoms with van der Waals surface area (Å²) in [4.78, 5) is 2.17. The molecule has 4 heteroatoms. The van der Waals surface area contributed by atoms with Crippen molar-refractivity contribution in [2.45, 2.75) is 19.0 Å². The Morgan fingerprint density at radius 1 is 1.44 bits per heavy atom. The molecule has 2 aliphatic heterocycles. The molecule has 4 nitrogen and oxygen atoms in total. The molecular formula is C12H15NO3. The van der Waals surface area contributed by atoms with Gasteiger partial charge in [0.15, 0.2) is 11.5 Å². The van der Waals surface area contributed by atoms with Crippen LogP contribution in [0.1, 0.15) is 11.1 Å². The average molecular weight is 221 g/mol.